The number of piperidine rings is 1. The Balaban J connectivity index is 1.82. The first-order chi connectivity index (χ1) is 9.29. The number of anilines is 1. The topological polar surface area (TPSA) is 43.2 Å². The van der Waals surface area contributed by atoms with E-state index >= 15 is 0 Å². The lowest BCUT2D eigenvalue weighted by molar-refractivity contribution is 0.133. The molecule has 0 aliphatic carbocycles. The third-order valence-corrected chi connectivity index (χ3v) is 4.50. The van der Waals surface area contributed by atoms with Crippen molar-refractivity contribution in [2.75, 3.05) is 31.1 Å². The summed E-state index contributed by atoms with van der Waals surface area (Å²) in [6.07, 6.45) is 5.56. The molecule has 2 saturated heterocycles. The van der Waals surface area contributed by atoms with Crippen LogP contribution in [0.5, 0.6) is 0 Å². The monoisotopic (exact) mass is 276 g/mol. The summed E-state index contributed by atoms with van der Waals surface area (Å²) in [7, 11) is 0. The Kier molecular flexibility index (Phi) is 3.58. The van der Waals surface area contributed by atoms with Gasteiger partial charge in [-0.15, -0.1) is 0 Å². The molecule has 100 valence electrons. The minimum absolute atomic E-state index is 0.495. The maximum absolute atomic E-state index is 9.04. The van der Waals surface area contributed by atoms with Crippen molar-refractivity contribution in [2.24, 2.45) is 0 Å². The van der Waals surface area contributed by atoms with Crippen LogP contribution in [0.2, 0.25) is 5.02 Å². The van der Waals surface area contributed by atoms with Gasteiger partial charge in [-0.25, -0.2) is 4.98 Å². The minimum Gasteiger partial charge on any atom is -0.352 e. The van der Waals surface area contributed by atoms with E-state index in [-0.39, 0.29) is 0 Å². The van der Waals surface area contributed by atoms with Gasteiger partial charge in [0.15, 0.2) is 0 Å². The summed E-state index contributed by atoms with van der Waals surface area (Å²) in [6, 6.07) is 4.41. The molecule has 3 heterocycles. The van der Waals surface area contributed by atoms with Gasteiger partial charge in [0.25, 0.3) is 0 Å². The standard InChI is InChI=1S/C14H17ClN4/c15-13-11(9-16)4-5-17-14(13)19-8-7-18-6-2-1-3-12(18)10-19/h4-5,12H,1-3,6-8,10H2. The number of halogens is 1. The van der Waals surface area contributed by atoms with Gasteiger partial charge in [-0.3, -0.25) is 4.90 Å². The molecule has 0 radical (unpaired) electrons. The highest BCUT2D eigenvalue weighted by atomic mass is 35.5. The lowest BCUT2D eigenvalue weighted by Gasteiger charge is -2.44. The second kappa shape index (κ2) is 5.36. The molecule has 1 aromatic rings. The van der Waals surface area contributed by atoms with Gasteiger partial charge in [0.2, 0.25) is 0 Å². The molecule has 4 nitrogen and oxygen atoms in total. The van der Waals surface area contributed by atoms with Crippen LogP contribution in [0.3, 0.4) is 0 Å². The van der Waals surface area contributed by atoms with Gasteiger partial charge in [0.05, 0.1) is 5.56 Å². The number of hydrogen-bond acceptors (Lipinski definition) is 4. The molecule has 1 atom stereocenters. The fourth-order valence-electron chi connectivity index (χ4n) is 3.09. The highest BCUT2D eigenvalue weighted by Gasteiger charge is 2.30. The SMILES string of the molecule is N#Cc1ccnc(N2CCN3CCCCC3C2)c1Cl. The summed E-state index contributed by atoms with van der Waals surface area (Å²) >= 11 is 6.28. The number of hydrogen-bond donors (Lipinski definition) is 0. The summed E-state index contributed by atoms with van der Waals surface area (Å²) < 4.78 is 0. The van der Waals surface area contributed by atoms with E-state index in [1.807, 2.05) is 0 Å². The van der Waals surface area contributed by atoms with Crippen molar-refractivity contribution < 1.29 is 0 Å². The Hall–Kier alpha value is -1.31. The lowest BCUT2D eigenvalue weighted by atomic mass is 9.99. The van der Waals surface area contributed by atoms with Crippen LogP contribution >= 0.6 is 11.6 Å². The summed E-state index contributed by atoms with van der Waals surface area (Å²) in [6.45, 7) is 4.21. The fourth-order valence-corrected chi connectivity index (χ4v) is 3.36. The van der Waals surface area contributed by atoms with Crippen LogP contribution in [0.4, 0.5) is 5.82 Å². The van der Waals surface area contributed by atoms with Crippen molar-refractivity contribution in [1.82, 2.24) is 9.88 Å². The third-order valence-electron chi connectivity index (χ3n) is 4.13. The number of fused-ring (bicyclic) bond motifs is 1. The largest absolute Gasteiger partial charge is 0.352 e. The molecule has 0 spiro atoms. The molecule has 3 rings (SSSR count). The van der Waals surface area contributed by atoms with Crippen molar-refractivity contribution in [3.05, 3.63) is 22.8 Å². The Labute approximate surface area is 118 Å². The van der Waals surface area contributed by atoms with E-state index in [9.17, 15) is 0 Å². The van der Waals surface area contributed by atoms with Crippen LogP contribution in [-0.2, 0) is 0 Å². The molecule has 1 unspecified atom stereocenters. The molecule has 0 N–H and O–H groups in total. The molecule has 0 amide bonds. The molecule has 0 aromatic carbocycles. The zero-order valence-electron chi connectivity index (χ0n) is 10.8. The second-order valence-electron chi connectivity index (χ2n) is 5.24. The maximum atomic E-state index is 9.04. The third kappa shape index (κ3) is 2.41. The number of nitriles is 1. The molecular formula is C14H17ClN4. The summed E-state index contributed by atoms with van der Waals surface area (Å²) in [5, 5.41) is 9.53. The molecule has 19 heavy (non-hydrogen) atoms. The Morgan fingerprint density at radius 2 is 2.21 bits per heavy atom. The first kappa shape index (κ1) is 12.7. The average Bonchev–Trinajstić information content (AvgIpc) is 2.47. The van der Waals surface area contributed by atoms with Gasteiger partial charge in [0, 0.05) is 31.9 Å². The average molecular weight is 277 g/mol. The van der Waals surface area contributed by atoms with Crippen molar-refractivity contribution in [3.8, 4) is 6.07 Å². The predicted molar refractivity (Wildman–Crippen MR) is 75.4 cm³/mol. The normalized spacial score (nSPS) is 23.8. The number of piperazine rings is 1. The van der Waals surface area contributed by atoms with Crippen LogP contribution in [0, 0.1) is 11.3 Å². The molecule has 5 heteroatoms. The molecule has 0 bridgehead atoms. The van der Waals surface area contributed by atoms with Crippen molar-refractivity contribution in [3.63, 3.8) is 0 Å². The van der Waals surface area contributed by atoms with E-state index in [1.165, 1.54) is 25.8 Å². The highest BCUT2D eigenvalue weighted by molar-refractivity contribution is 6.34. The molecule has 2 aliphatic rings. The number of aromatic nitrogens is 1. The minimum atomic E-state index is 0.495. The van der Waals surface area contributed by atoms with Crippen molar-refractivity contribution in [1.29, 1.82) is 5.26 Å². The van der Waals surface area contributed by atoms with Gasteiger partial charge in [-0.05, 0) is 25.5 Å². The zero-order valence-corrected chi connectivity index (χ0v) is 11.6. The van der Waals surface area contributed by atoms with Gasteiger partial charge >= 0.3 is 0 Å². The summed E-state index contributed by atoms with van der Waals surface area (Å²) in [5.41, 5.74) is 0.512. The molecular weight excluding hydrogens is 260 g/mol. The van der Waals surface area contributed by atoms with Crippen LogP contribution in [0.1, 0.15) is 24.8 Å². The highest BCUT2D eigenvalue weighted by Crippen LogP contribution is 2.30. The number of rotatable bonds is 1. The zero-order chi connectivity index (χ0) is 13.2. The van der Waals surface area contributed by atoms with Crippen LogP contribution in [0.25, 0.3) is 0 Å². The van der Waals surface area contributed by atoms with Gasteiger partial charge in [-0.2, -0.15) is 5.26 Å². The smallest absolute Gasteiger partial charge is 0.148 e. The Morgan fingerprint density at radius 1 is 1.32 bits per heavy atom. The van der Waals surface area contributed by atoms with E-state index in [0.717, 1.165) is 25.5 Å². The summed E-state index contributed by atoms with van der Waals surface area (Å²) in [5.74, 6) is 0.769. The van der Waals surface area contributed by atoms with Gasteiger partial charge in [0.1, 0.15) is 16.9 Å². The molecule has 2 aliphatic heterocycles. The fraction of sp³-hybridized carbons (Fsp3) is 0.571. The Bertz CT molecular complexity index is 511. The van der Waals surface area contributed by atoms with E-state index in [2.05, 4.69) is 20.9 Å². The first-order valence-electron chi connectivity index (χ1n) is 6.83. The van der Waals surface area contributed by atoms with Crippen molar-refractivity contribution >= 4 is 17.4 Å². The van der Waals surface area contributed by atoms with E-state index in [0.29, 0.717) is 16.6 Å². The van der Waals surface area contributed by atoms with E-state index < -0.39 is 0 Å². The Morgan fingerprint density at radius 3 is 3.05 bits per heavy atom. The van der Waals surface area contributed by atoms with Gasteiger partial charge < -0.3 is 4.90 Å². The van der Waals surface area contributed by atoms with Gasteiger partial charge in [-0.1, -0.05) is 18.0 Å². The second-order valence-corrected chi connectivity index (χ2v) is 5.62. The van der Waals surface area contributed by atoms with Crippen LogP contribution in [0.15, 0.2) is 12.3 Å². The molecule has 2 fully saturated rings. The molecule has 0 saturated carbocycles. The van der Waals surface area contributed by atoms with E-state index in [1.54, 1.807) is 12.3 Å². The predicted octanol–water partition coefficient (Wildman–Crippen LogP) is 2.28. The number of nitrogens with zero attached hydrogens (tertiary/aromatic N) is 4. The summed E-state index contributed by atoms with van der Waals surface area (Å²) in [4.78, 5) is 9.18. The first-order valence-corrected chi connectivity index (χ1v) is 7.21. The quantitative estimate of drug-likeness (QED) is 0.789. The van der Waals surface area contributed by atoms with E-state index in [4.69, 9.17) is 16.9 Å². The van der Waals surface area contributed by atoms with Crippen LogP contribution in [-0.4, -0.2) is 42.1 Å². The maximum Gasteiger partial charge on any atom is 0.148 e. The number of pyridine rings is 1. The van der Waals surface area contributed by atoms with Crippen molar-refractivity contribution in [2.45, 2.75) is 25.3 Å². The lowest BCUT2D eigenvalue weighted by Crippen LogP contribution is -2.55. The van der Waals surface area contributed by atoms with Crippen LogP contribution < -0.4 is 4.90 Å². The molecule has 1 aromatic heterocycles.